The van der Waals surface area contributed by atoms with Crippen LogP contribution in [0.25, 0.3) is 0 Å². The van der Waals surface area contributed by atoms with Crippen LogP contribution in [0.1, 0.15) is 5.56 Å². The van der Waals surface area contributed by atoms with E-state index in [-0.39, 0.29) is 12.6 Å². The van der Waals surface area contributed by atoms with Crippen LogP contribution in [0, 0.1) is 0 Å². The van der Waals surface area contributed by atoms with Crippen molar-refractivity contribution in [3.05, 3.63) is 33.8 Å². The van der Waals surface area contributed by atoms with E-state index >= 15 is 0 Å². The summed E-state index contributed by atoms with van der Waals surface area (Å²) >= 11 is 12.1. The van der Waals surface area contributed by atoms with Crippen molar-refractivity contribution in [2.45, 2.75) is 12.5 Å². The van der Waals surface area contributed by atoms with E-state index in [0.717, 1.165) is 5.56 Å². The Labute approximate surface area is 100 Å². The first-order chi connectivity index (χ1) is 7.06. The minimum atomic E-state index is 0.0439. The van der Waals surface area contributed by atoms with E-state index in [1.54, 1.807) is 0 Å². The lowest BCUT2D eigenvalue weighted by molar-refractivity contribution is 0.169. The van der Waals surface area contributed by atoms with Gasteiger partial charge in [-0.2, -0.15) is 0 Å². The van der Waals surface area contributed by atoms with Crippen molar-refractivity contribution >= 4 is 23.2 Å². The van der Waals surface area contributed by atoms with Gasteiger partial charge in [-0.3, -0.25) is 0 Å². The van der Waals surface area contributed by atoms with E-state index in [1.165, 1.54) is 0 Å². The summed E-state index contributed by atoms with van der Waals surface area (Å²) < 4.78 is 0. The van der Waals surface area contributed by atoms with Gasteiger partial charge in [0, 0.05) is 16.1 Å². The van der Waals surface area contributed by atoms with Crippen LogP contribution in [0.5, 0.6) is 0 Å². The highest BCUT2D eigenvalue weighted by Crippen LogP contribution is 2.26. The lowest BCUT2D eigenvalue weighted by Gasteiger charge is -2.22. The quantitative estimate of drug-likeness (QED) is 0.884. The minimum Gasteiger partial charge on any atom is -0.395 e. The molecule has 0 saturated heterocycles. The van der Waals surface area contributed by atoms with Gasteiger partial charge in [0.15, 0.2) is 0 Å². The van der Waals surface area contributed by atoms with Gasteiger partial charge in [0.1, 0.15) is 0 Å². The molecule has 84 valence electrons. The molecule has 0 spiro atoms. The molecule has 1 unspecified atom stereocenters. The van der Waals surface area contributed by atoms with Gasteiger partial charge in [-0.25, -0.2) is 0 Å². The summed E-state index contributed by atoms with van der Waals surface area (Å²) in [6.45, 7) is 0.0918. The number of nitrogens with zero attached hydrogens (tertiary/aromatic N) is 1. The maximum atomic E-state index is 9.21. The average molecular weight is 248 g/mol. The number of hydrogen-bond donors (Lipinski definition) is 1. The molecule has 0 radical (unpaired) electrons. The fourth-order valence-electron chi connectivity index (χ4n) is 1.37. The normalized spacial score (nSPS) is 13.2. The van der Waals surface area contributed by atoms with Crippen LogP contribution in [0.3, 0.4) is 0 Å². The van der Waals surface area contributed by atoms with E-state index in [1.807, 2.05) is 37.2 Å². The lowest BCUT2D eigenvalue weighted by atomic mass is 10.1. The monoisotopic (exact) mass is 247 g/mol. The van der Waals surface area contributed by atoms with E-state index in [9.17, 15) is 5.11 Å². The molecule has 0 aliphatic carbocycles. The molecule has 2 nitrogen and oxygen atoms in total. The molecule has 0 bridgehead atoms. The number of benzene rings is 1. The summed E-state index contributed by atoms with van der Waals surface area (Å²) in [5, 5.41) is 10.5. The Balaban J connectivity index is 2.87. The Bertz CT molecular complexity index is 308. The van der Waals surface area contributed by atoms with E-state index < -0.39 is 0 Å². The van der Waals surface area contributed by atoms with Crippen LogP contribution in [-0.2, 0) is 6.42 Å². The maximum absolute atomic E-state index is 9.21. The first-order valence-corrected chi connectivity index (χ1v) is 5.52. The van der Waals surface area contributed by atoms with E-state index in [4.69, 9.17) is 23.2 Å². The fraction of sp³-hybridized carbons (Fsp3) is 0.455. The molecule has 1 N–H and O–H groups in total. The second-order valence-electron chi connectivity index (χ2n) is 3.70. The number of hydrogen-bond acceptors (Lipinski definition) is 2. The van der Waals surface area contributed by atoms with E-state index in [2.05, 4.69) is 0 Å². The number of rotatable bonds is 4. The number of aliphatic hydroxyl groups is 1. The molecule has 0 saturated carbocycles. The molecule has 15 heavy (non-hydrogen) atoms. The maximum Gasteiger partial charge on any atom is 0.0589 e. The Hall–Kier alpha value is -0.280. The van der Waals surface area contributed by atoms with Crippen LogP contribution in [0.4, 0.5) is 0 Å². The summed E-state index contributed by atoms with van der Waals surface area (Å²) in [5.41, 5.74) is 0.897. The van der Waals surface area contributed by atoms with Crippen molar-refractivity contribution in [1.82, 2.24) is 4.90 Å². The Morgan fingerprint density at radius 1 is 1.27 bits per heavy atom. The first kappa shape index (κ1) is 12.8. The van der Waals surface area contributed by atoms with Gasteiger partial charge in [-0.1, -0.05) is 29.3 Å². The second kappa shape index (κ2) is 5.71. The summed E-state index contributed by atoms with van der Waals surface area (Å²) in [7, 11) is 3.84. The molecule has 1 aromatic rings. The van der Waals surface area contributed by atoms with Crippen molar-refractivity contribution in [3.8, 4) is 0 Å². The van der Waals surface area contributed by atoms with Gasteiger partial charge < -0.3 is 10.0 Å². The fourth-order valence-corrected chi connectivity index (χ4v) is 1.93. The van der Waals surface area contributed by atoms with Crippen molar-refractivity contribution in [1.29, 1.82) is 0 Å². The van der Waals surface area contributed by atoms with Crippen molar-refractivity contribution in [3.63, 3.8) is 0 Å². The molecular weight excluding hydrogens is 233 g/mol. The highest BCUT2D eigenvalue weighted by molar-refractivity contribution is 6.35. The summed E-state index contributed by atoms with van der Waals surface area (Å²) in [6, 6.07) is 5.49. The molecule has 0 aromatic heterocycles. The van der Waals surface area contributed by atoms with Crippen LogP contribution in [0.2, 0.25) is 10.0 Å². The van der Waals surface area contributed by atoms with Crippen molar-refractivity contribution in [2.24, 2.45) is 0 Å². The topological polar surface area (TPSA) is 23.5 Å². The van der Waals surface area contributed by atoms with E-state index in [0.29, 0.717) is 16.5 Å². The average Bonchev–Trinajstić information content (AvgIpc) is 2.17. The first-order valence-electron chi connectivity index (χ1n) is 4.76. The number of aliphatic hydroxyl groups excluding tert-OH is 1. The zero-order valence-corrected chi connectivity index (χ0v) is 10.4. The smallest absolute Gasteiger partial charge is 0.0589 e. The predicted octanol–water partition coefficient (Wildman–Crippen LogP) is 2.46. The van der Waals surface area contributed by atoms with Gasteiger partial charge in [0.05, 0.1) is 6.61 Å². The Morgan fingerprint density at radius 2 is 1.80 bits per heavy atom. The third-order valence-corrected chi connectivity index (χ3v) is 3.15. The van der Waals surface area contributed by atoms with Crippen molar-refractivity contribution < 1.29 is 5.11 Å². The van der Waals surface area contributed by atoms with Crippen LogP contribution in [0.15, 0.2) is 18.2 Å². The summed E-state index contributed by atoms with van der Waals surface area (Å²) in [4.78, 5) is 1.96. The summed E-state index contributed by atoms with van der Waals surface area (Å²) in [6.07, 6.45) is 0.655. The Morgan fingerprint density at radius 3 is 2.20 bits per heavy atom. The second-order valence-corrected chi connectivity index (χ2v) is 4.52. The molecule has 1 rings (SSSR count). The predicted molar refractivity (Wildman–Crippen MR) is 64.7 cm³/mol. The van der Waals surface area contributed by atoms with Gasteiger partial charge in [0.2, 0.25) is 0 Å². The molecule has 4 heteroatoms. The van der Waals surface area contributed by atoms with Gasteiger partial charge in [-0.05, 0) is 38.2 Å². The zero-order valence-electron chi connectivity index (χ0n) is 8.87. The molecule has 0 aliphatic heterocycles. The van der Waals surface area contributed by atoms with Crippen LogP contribution >= 0.6 is 23.2 Å². The standard InChI is InChI=1S/C11H15Cl2NO/c1-14(2)8(7-15)6-9-10(12)4-3-5-11(9)13/h3-5,8,15H,6-7H2,1-2H3. The van der Waals surface area contributed by atoms with Gasteiger partial charge in [-0.15, -0.1) is 0 Å². The van der Waals surface area contributed by atoms with Gasteiger partial charge in [0.25, 0.3) is 0 Å². The molecule has 0 amide bonds. The Kier molecular flexibility index (Phi) is 4.87. The van der Waals surface area contributed by atoms with Gasteiger partial charge >= 0.3 is 0 Å². The van der Waals surface area contributed by atoms with Crippen molar-refractivity contribution in [2.75, 3.05) is 20.7 Å². The molecule has 0 fully saturated rings. The zero-order chi connectivity index (χ0) is 11.4. The molecule has 1 atom stereocenters. The highest BCUT2D eigenvalue weighted by atomic mass is 35.5. The minimum absolute atomic E-state index is 0.0439. The summed E-state index contributed by atoms with van der Waals surface area (Å²) in [5.74, 6) is 0. The highest BCUT2D eigenvalue weighted by Gasteiger charge is 2.14. The molecular formula is C11H15Cl2NO. The van der Waals surface area contributed by atoms with Crippen LogP contribution in [-0.4, -0.2) is 36.8 Å². The largest absolute Gasteiger partial charge is 0.395 e. The number of likely N-dealkylation sites (N-methyl/N-ethyl adjacent to an activating group) is 1. The molecule has 0 aliphatic rings. The third kappa shape index (κ3) is 3.35. The molecule has 0 heterocycles. The van der Waals surface area contributed by atoms with Crippen LogP contribution < -0.4 is 0 Å². The molecule has 1 aromatic carbocycles. The lowest BCUT2D eigenvalue weighted by Crippen LogP contribution is -2.33. The third-order valence-electron chi connectivity index (χ3n) is 2.44. The SMILES string of the molecule is CN(C)C(CO)Cc1c(Cl)cccc1Cl. The number of halogens is 2.